The number of anilines is 1. The minimum Gasteiger partial charge on any atom is -0.494 e. The average molecular weight is 320 g/mol. The van der Waals surface area contributed by atoms with E-state index in [9.17, 15) is 4.79 Å². The van der Waals surface area contributed by atoms with E-state index < -0.39 is 0 Å². The Morgan fingerprint density at radius 3 is 2.41 bits per heavy atom. The van der Waals surface area contributed by atoms with Gasteiger partial charge in [0.2, 0.25) is 0 Å². The molecule has 4 nitrogen and oxygen atoms in total. The van der Waals surface area contributed by atoms with Crippen molar-refractivity contribution >= 4 is 23.2 Å². The number of amides is 1. The van der Waals surface area contributed by atoms with Gasteiger partial charge in [-0.1, -0.05) is 11.6 Å². The van der Waals surface area contributed by atoms with Gasteiger partial charge in [0.25, 0.3) is 5.91 Å². The summed E-state index contributed by atoms with van der Waals surface area (Å²) in [6.07, 6.45) is 0. The lowest BCUT2D eigenvalue weighted by atomic mass is 10.2. The third kappa shape index (κ3) is 4.67. The monoisotopic (exact) mass is 319 g/mol. The van der Waals surface area contributed by atoms with Crippen molar-refractivity contribution in [1.29, 1.82) is 0 Å². The molecule has 0 aliphatic carbocycles. The molecule has 22 heavy (non-hydrogen) atoms. The third-order valence-corrected chi connectivity index (χ3v) is 3.37. The molecule has 0 aliphatic heterocycles. The summed E-state index contributed by atoms with van der Waals surface area (Å²) in [6.45, 7) is 4.36. The Kier molecular flexibility index (Phi) is 5.67. The van der Waals surface area contributed by atoms with Gasteiger partial charge in [0.05, 0.1) is 6.61 Å². The molecule has 116 valence electrons. The molecule has 0 saturated carbocycles. The van der Waals surface area contributed by atoms with E-state index in [4.69, 9.17) is 21.1 Å². The van der Waals surface area contributed by atoms with E-state index in [0.717, 1.165) is 11.3 Å². The van der Waals surface area contributed by atoms with E-state index in [-0.39, 0.29) is 12.5 Å². The number of ether oxygens (including phenoxy) is 2. The van der Waals surface area contributed by atoms with Crippen LogP contribution in [0.4, 0.5) is 5.69 Å². The highest BCUT2D eigenvalue weighted by atomic mass is 35.5. The first kappa shape index (κ1) is 16.2. The van der Waals surface area contributed by atoms with Crippen LogP contribution in [0.1, 0.15) is 12.5 Å². The standard InChI is InChI=1S/C17H18ClNO3/c1-3-21-14-6-4-13(5-7-14)19-17(20)11-22-15-8-9-16(18)12(2)10-15/h4-10H,3,11H2,1-2H3,(H,19,20). The third-order valence-electron chi connectivity index (χ3n) is 2.95. The van der Waals surface area contributed by atoms with Gasteiger partial charge in [0.1, 0.15) is 11.5 Å². The number of aryl methyl sites for hydroxylation is 1. The molecular formula is C17H18ClNO3. The van der Waals surface area contributed by atoms with Crippen molar-refractivity contribution in [3.63, 3.8) is 0 Å². The predicted octanol–water partition coefficient (Wildman–Crippen LogP) is 4.06. The van der Waals surface area contributed by atoms with Gasteiger partial charge in [-0.3, -0.25) is 4.79 Å². The number of hydrogen-bond acceptors (Lipinski definition) is 3. The van der Waals surface area contributed by atoms with Crippen LogP contribution in [-0.4, -0.2) is 19.1 Å². The largest absolute Gasteiger partial charge is 0.494 e. The first-order valence-electron chi connectivity index (χ1n) is 7.00. The van der Waals surface area contributed by atoms with Gasteiger partial charge < -0.3 is 14.8 Å². The number of halogens is 1. The number of nitrogens with one attached hydrogen (secondary N) is 1. The molecule has 0 aliphatic rings. The van der Waals surface area contributed by atoms with E-state index in [1.54, 1.807) is 30.3 Å². The number of carbonyl (C=O) groups is 1. The van der Waals surface area contributed by atoms with Gasteiger partial charge in [0.15, 0.2) is 6.61 Å². The Balaban J connectivity index is 1.85. The molecule has 0 radical (unpaired) electrons. The molecule has 0 heterocycles. The second-order valence-electron chi connectivity index (χ2n) is 4.71. The van der Waals surface area contributed by atoms with Crippen LogP contribution in [0.2, 0.25) is 5.02 Å². The Morgan fingerprint density at radius 1 is 1.09 bits per heavy atom. The molecule has 0 unspecified atom stereocenters. The van der Waals surface area contributed by atoms with Gasteiger partial charge in [-0.2, -0.15) is 0 Å². The molecule has 0 atom stereocenters. The van der Waals surface area contributed by atoms with Gasteiger partial charge >= 0.3 is 0 Å². The van der Waals surface area contributed by atoms with Crippen LogP contribution in [0.25, 0.3) is 0 Å². The molecule has 0 spiro atoms. The Hall–Kier alpha value is -2.20. The van der Waals surface area contributed by atoms with Gasteiger partial charge in [-0.05, 0) is 61.9 Å². The first-order chi connectivity index (χ1) is 10.6. The van der Waals surface area contributed by atoms with E-state index in [2.05, 4.69) is 5.32 Å². The summed E-state index contributed by atoms with van der Waals surface area (Å²) in [5, 5.41) is 3.43. The maximum atomic E-state index is 11.9. The SMILES string of the molecule is CCOc1ccc(NC(=O)COc2ccc(Cl)c(C)c2)cc1. The molecule has 1 N–H and O–H groups in total. The van der Waals surface area contributed by atoms with Crippen LogP contribution in [-0.2, 0) is 4.79 Å². The van der Waals surface area contributed by atoms with Gasteiger partial charge in [-0.15, -0.1) is 0 Å². The highest BCUT2D eigenvalue weighted by Crippen LogP contribution is 2.21. The lowest BCUT2D eigenvalue weighted by molar-refractivity contribution is -0.118. The minimum atomic E-state index is -0.225. The number of carbonyl (C=O) groups excluding carboxylic acids is 1. The average Bonchev–Trinajstić information content (AvgIpc) is 2.51. The summed E-state index contributed by atoms with van der Waals surface area (Å²) in [4.78, 5) is 11.9. The van der Waals surface area contributed by atoms with E-state index >= 15 is 0 Å². The van der Waals surface area contributed by atoms with Crippen LogP contribution in [0.5, 0.6) is 11.5 Å². The topological polar surface area (TPSA) is 47.6 Å². The van der Waals surface area contributed by atoms with Crippen molar-refractivity contribution in [2.24, 2.45) is 0 Å². The molecule has 0 saturated heterocycles. The summed E-state index contributed by atoms with van der Waals surface area (Å²) < 4.78 is 10.8. The second kappa shape index (κ2) is 7.71. The molecule has 0 aromatic heterocycles. The van der Waals surface area contributed by atoms with E-state index in [0.29, 0.717) is 23.1 Å². The fourth-order valence-corrected chi connectivity index (χ4v) is 1.97. The van der Waals surface area contributed by atoms with Crippen molar-refractivity contribution in [2.45, 2.75) is 13.8 Å². The van der Waals surface area contributed by atoms with Crippen LogP contribution in [0, 0.1) is 6.92 Å². The summed E-state index contributed by atoms with van der Waals surface area (Å²) in [5.41, 5.74) is 1.61. The Labute approximate surface area is 135 Å². The Morgan fingerprint density at radius 2 is 1.77 bits per heavy atom. The zero-order chi connectivity index (χ0) is 15.9. The van der Waals surface area contributed by atoms with E-state index in [1.807, 2.05) is 26.0 Å². The lowest BCUT2D eigenvalue weighted by Gasteiger charge is -2.09. The normalized spacial score (nSPS) is 10.1. The highest BCUT2D eigenvalue weighted by molar-refractivity contribution is 6.31. The van der Waals surface area contributed by atoms with Crippen LogP contribution in [0.15, 0.2) is 42.5 Å². The fraction of sp³-hybridized carbons (Fsp3) is 0.235. The molecule has 2 rings (SSSR count). The molecule has 5 heteroatoms. The van der Waals surface area contributed by atoms with Crippen LogP contribution >= 0.6 is 11.6 Å². The number of rotatable bonds is 6. The molecule has 2 aromatic carbocycles. The molecule has 0 fully saturated rings. The van der Waals surface area contributed by atoms with Crippen molar-refractivity contribution in [2.75, 3.05) is 18.5 Å². The van der Waals surface area contributed by atoms with E-state index in [1.165, 1.54) is 0 Å². The quantitative estimate of drug-likeness (QED) is 0.873. The maximum Gasteiger partial charge on any atom is 0.262 e. The van der Waals surface area contributed by atoms with Crippen molar-refractivity contribution in [3.05, 3.63) is 53.1 Å². The summed E-state index contributed by atoms with van der Waals surface area (Å²) in [6, 6.07) is 12.5. The first-order valence-corrected chi connectivity index (χ1v) is 7.38. The second-order valence-corrected chi connectivity index (χ2v) is 5.11. The zero-order valence-electron chi connectivity index (χ0n) is 12.6. The minimum absolute atomic E-state index is 0.0612. The number of hydrogen-bond donors (Lipinski definition) is 1. The highest BCUT2D eigenvalue weighted by Gasteiger charge is 2.05. The van der Waals surface area contributed by atoms with Crippen molar-refractivity contribution < 1.29 is 14.3 Å². The van der Waals surface area contributed by atoms with Crippen LogP contribution in [0.3, 0.4) is 0 Å². The summed E-state index contributed by atoms with van der Waals surface area (Å²) in [7, 11) is 0. The number of benzene rings is 2. The zero-order valence-corrected chi connectivity index (χ0v) is 13.3. The lowest BCUT2D eigenvalue weighted by Crippen LogP contribution is -2.20. The summed E-state index contributed by atoms with van der Waals surface area (Å²) >= 11 is 5.94. The summed E-state index contributed by atoms with van der Waals surface area (Å²) in [5.74, 6) is 1.16. The van der Waals surface area contributed by atoms with Crippen LogP contribution < -0.4 is 14.8 Å². The van der Waals surface area contributed by atoms with Crippen molar-refractivity contribution in [1.82, 2.24) is 0 Å². The van der Waals surface area contributed by atoms with Gasteiger partial charge in [-0.25, -0.2) is 0 Å². The molecule has 1 amide bonds. The van der Waals surface area contributed by atoms with Crippen molar-refractivity contribution in [3.8, 4) is 11.5 Å². The predicted molar refractivity (Wildman–Crippen MR) is 87.9 cm³/mol. The smallest absolute Gasteiger partial charge is 0.262 e. The van der Waals surface area contributed by atoms with Gasteiger partial charge in [0, 0.05) is 10.7 Å². The maximum absolute atomic E-state index is 11.9. The Bertz CT molecular complexity index is 641. The molecule has 2 aromatic rings. The fourth-order valence-electron chi connectivity index (χ4n) is 1.85. The molecular weight excluding hydrogens is 302 g/mol. The molecule has 0 bridgehead atoms.